The molecule has 1 aliphatic rings. The van der Waals surface area contributed by atoms with Crippen molar-refractivity contribution in [1.82, 2.24) is 9.88 Å². The Hall–Kier alpha value is -1.62. The van der Waals surface area contributed by atoms with E-state index in [4.69, 9.17) is 10.5 Å². The molecule has 1 aromatic rings. The fourth-order valence-corrected chi connectivity index (χ4v) is 1.97. The summed E-state index contributed by atoms with van der Waals surface area (Å²) in [5.41, 5.74) is 7.16. The van der Waals surface area contributed by atoms with E-state index < -0.39 is 0 Å². The second-order valence-electron chi connectivity index (χ2n) is 5.37. The van der Waals surface area contributed by atoms with E-state index in [-0.39, 0.29) is 5.91 Å². The minimum Gasteiger partial charge on any atom is -0.384 e. The fourth-order valence-electron chi connectivity index (χ4n) is 1.97. The summed E-state index contributed by atoms with van der Waals surface area (Å²) < 4.78 is 5.55. The van der Waals surface area contributed by atoms with Gasteiger partial charge in [0.15, 0.2) is 0 Å². The third kappa shape index (κ3) is 4.20. The molecule has 0 aromatic carbocycles. The number of pyridine rings is 1. The average Bonchev–Trinajstić information content (AvgIpc) is 3.25. The van der Waals surface area contributed by atoms with E-state index >= 15 is 0 Å². The molecule has 1 fully saturated rings. The van der Waals surface area contributed by atoms with E-state index in [1.54, 1.807) is 24.1 Å². The second-order valence-corrected chi connectivity index (χ2v) is 5.37. The molecule has 0 aliphatic heterocycles. The number of ether oxygens (including phenoxy) is 1. The Morgan fingerprint density at radius 3 is 2.90 bits per heavy atom. The van der Waals surface area contributed by atoms with Gasteiger partial charge in [0.2, 0.25) is 0 Å². The van der Waals surface area contributed by atoms with Crippen LogP contribution in [-0.2, 0) is 11.2 Å². The van der Waals surface area contributed by atoms with Gasteiger partial charge in [-0.25, -0.2) is 4.98 Å². The molecule has 20 heavy (non-hydrogen) atoms. The van der Waals surface area contributed by atoms with Gasteiger partial charge in [-0.1, -0.05) is 6.92 Å². The van der Waals surface area contributed by atoms with Crippen LogP contribution in [0.2, 0.25) is 0 Å². The van der Waals surface area contributed by atoms with Crippen LogP contribution < -0.4 is 5.73 Å². The van der Waals surface area contributed by atoms with Gasteiger partial charge in [0.25, 0.3) is 5.91 Å². The maximum absolute atomic E-state index is 12.3. The number of hydrogen-bond acceptors (Lipinski definition) is 4. The molecule has 0 bridgehead atoms. The van der Waals surface area contributed by atoms with E-state index in [1.165, 1.54) is 12.8 Å². The molecule has 2 N–H and O–H groups in total. The van der Waals surface area contributed by atoms with Crippen LogP contribution in [0.4, 0.5) is 5.82 Å². The average molecular weight is 277 g/mol. The summed E-state index contributed by atoms with van der Waals surface area (Å²) in [5.74, 6) is 1.11. The lowest BCUT2D eigenvalue weighted by atomic mass is 10.1. The molecule has 1 saturated carbocycles. The smallest absolute Gasteiger partial charge is 0.253 e. The van der Waals surface area contributed by atoms with E-state index in [9.17, 15) is 4.79 Å². The zero-order chi connectivity index (χ0) is 14.5. The van der Waals surface area contributed by atoms with Crippen molar-refractivity contribution in [3.63, 3.8) is 0 Å². The minimum atomic E-state index is -0.0381. The van der Waals surface area contributed by atoms with Gasteiger partial charge < -0.3 is 15.4 Å². The number of carbonyl (C=O) groups is 1. The van der Waals surface area contributed by atoms with Gasteiger partial charge in [-0.2, -0.15) is 0 Å². The lowest BCUT2D eigenvalue weighted by Gasteiger charge is -2.17. The first-order valence-electron chi connectivity index (χ1n) is 7.19. The summed E-state index contributed by atoms with van der Waals surface area (Å²) in [7, 11) is 1.78. The Balaban J connectivity index is 1.86. The highest BCUT2D eigenvalue weighted by atomic mass is 16.5. The number of likely N-dealkylation sites (N-methyl/N-ethyl adjacent to an activating group) is 1. The first-order valence-corrected chi connectivity index (χ1v) is 7.19. The SMILES string of the molecule is CCc1cc(C(=O)N(C)CCOCC2CC2)cc(N)n1. The molecule has 1 amide bonds. The molecule has 0 radical (unpaired) electrons. The predicted octanol–water partition coefficient (Wildman–Crippen LogP) is 1.72. The molecule has 1 aromatic heterocycles. The summed E-state index contributed by atoms with van der Waals surface area (Å²) in [4.78, 5) is 18.1. The van der Waals surface area contributed by atoms with E-state index in [1.807, 2.05) is 6.92 Å². The Morgan fingerprint density at radius 2 is 2.25 bits per heavy atom. The van der Waals surface area contributed by atoms with E-state index in [0.29, 0.717) is 24.5 Å². The van der Waals surface area contributed by atoms with Crippen molar-refractivity contribution in [1.29, 1.82) is 0 Å². The first kappa shape index (κ1) is 14.8. The Labute approximate surface area is 120 Å². The summed E-state index contributed by atoms with van der Waals surface area (Å²) >= 11 is 0. The lowest BCUT2D eigenvalue weighted by molar-refractivity contribution is 0.0681. The van der Waals surface area contributed by atoms with Crippen LogP contribution in [0.5, 0.6) is 0 Å². The largest absolute Gasteiger partial charge is 0.384 e. The predicted molar refractivity (Wildman–Crippen MR) is 78.5 cm³/mol. The van der Waals surface area contributed by atoms with Crippen molar-refractivity contribution in [2.75, 3.05) is 32.5 Å². The van der Waals surface area contributed by atoms with Crippen molar-refractivity contribution >= 4 is 11.7 Å². The molecule has 0 spiro atoms. The molecule has 1 aliphatic carbocycles. The lowest BCUT2D eigenvalue weighted by Crippen LogP contribution is -2.30. The standard InChI is InChI=1S/C15H23N3O2/c1-3-13-8-12(9-14(16)17-13)15(19)18(2)6-7-20-10-11-4-5-11/h8-9,11H,3-7,10H2,1-2H3,(H2,16,17). The maximum atomic E-state index is 12.3. The molecule has 0 atom stereocenters. The molecule has 1 heterocycles. The van der Waals surface area contributed by atoms with Crippen LogP contribution in [0.3, 0.4) is 0 Å². The zero-order valence-electron chi connectivity index (χ0n) is 12.3. The van der Waals surface area contributed by atoms with Crippen LogP contribution in [0.25, 0.3) is 0 Å². The second kappa shape index (κ2) is 6.70. The molecule has 0 saturated heterocycles. The fraction of sp³-hybridized carbons (Fsp3) is 0.600. The van der Waals surface area contributed by atoms with Crippen molar-refractivity contribution in [2.24, 2.45) is 5.92 Å². The van der Waals surface area contributed by atoms with Crippen LogP contribution in [0, 0.1) is 5.92 Å². The monoisotopic (exact) mass is 277 g/mol. The number of nitrogens with two attached hydrogens (primary N) is 1. The molecular formula is C15H23N3O2. The van der Waals surface area contributed by atoms with Crippen LogP contribution in [0.1, 0.15) is 35.8 Å². The number of aryl methyl sites for hydroxylation is 1. The van der Waals surface area contributed by atoms with Gasteiger partial charge in [0.05, 0.1) is 6.61 Å². The highest BCUT2D eigenvalue weighted by Crippen LogP contribution is 2.28. The summed E-state index contributed by atoms with van der Waals surface area (Å²) in [6.07, 6.45) is 3.33. The number of carbonyl (C=O) groups excluding carboxylic acids is 1. The van der Waals surface area contributed by atoms with Gasteiger partial charge in [-0.3, -0.25) is 4.79 Å². The molecule has 2 rings (SSSR count). The van der Waals surface area contributed by atoms with Crippen LogP contribution in [0.15, 0.2) is 12.1 Å². The third-order valence-corrected chi connectivity index (χ3v) is 3.48. The number of hydrogen-bond donors (Lipinski definition) is 1. The number of anilines is 1. The van der Waals surface area contributed by atoms with Gasteiger partial charge in [-0.15, -0.1) is 0 Å². The van der Waals surface area contributed by atoms with Crippen molar-refractivity contribution in [2.45, 2.75) is 26.2 Å². The van der Waals surface area contributed by atoms with Gasteiger partial charge in [0, 0.05) is 31.5 Å². The van der Waals surface area contributed by atoms with Crippen molar-refractivity contribution in [3.8, 4) is 0 Å². The van der Waals surface area contributed by atoms with Gasteiger partial charge >= 0.3 is 0 Å². The minimum absolute atomic E-state index is 0.0381. The Bertz CT molecular complexity index is 472. The topological polar surface area (TPSA) is 68.5 Å². The van der Waals surface area contributed by atoms with Gasteiger partial charge in [-0.05, 0) is 37.3 Å². The van der Waals surface area contributed by atoms with Gasteiger partial charge in [0.1, 0.15) is 5.82 Å². The third-order valence-electron chi connectivity index (χ3n) is 3.48. The van der Waals surface area contributed by atoms with Crippen molar-refractivity contribution < 1.29 is 9.53 Å². The Morgan fingerprint density at radius 1 is 1.50 bits per heavy atom. The molecule has 0 unspecified atom stereocenters. The van der Waals surface area contributed by atoms with E-state index in [2.05, 4.69) is 4.98 Å². The summed E-state index contributed by atoms with van der Waals surface area (Å²) in [6, 6.07) is 3.43. The number of rotatable bonds is 7. The van der Waals surface area contributed by atoms with Crippen molar-refractivity contribution in [3.05, 3.63) is 23.4 Å². The number of nitrogen functional groups attached to an aromatic ring is 1. The molecule has 5 nitrogen and oxygen atoms in total. The van der Waals surface area contributed by atoms with Crippen LogP contribution in [-0.4, -0.2) is 42.6 Å². The quantitative estimate of drug-likeness (QED) is 0.771. The normalized spacial score (nSPS) is 14.3. The first-order chi connectivity index (χ1) is 9.60. The zero-order valence-corrected chi connectivity index (χ0v) is 12.3. The maximum Gasteiger partial charge on any atom is 0.253 e. The summed E-state index contributed by atoms with van der Waals surface area (Å²) in [5, 5.41) is 0. The summed E-state index contributed by atoms with van der Waals surface area (Å²) in [6.45, 7) is 3.99. The number of nitrogens with zero attached hydrogens (tertiary/aromatic N) is 2. The highest BCUT2D eigenvalue weighted by Gasteiger charge is 2.21. The van der Waals surface area contributed by atoms with E-state index in [0.717, 1.165) is 24.6 Å². The molecule has 110 valence electrons. The van der Waals surface area contributed by atoms with Crippen LogP contribution >= 0.6 is 0 Å². The number of amides is 1. The highest BCUT2D eigenvalue weighted by molar-refractivity contribution is 5.94. The number of aromatic nitrogens is 1. The molecule has 5 heteroatoms. The Kier molecular flexibility index (Phi) is 4.95. The molecular weight excluding hydrogens is 254 g/mol.